The highest BCUT2D eigenvalue weighted by molar-refractivity contribution is 5.24. The van der Waals surface area contributed by atoms with E-state index in [1.807, 2.05) is 13.8 Å². The Morgan fingerprint density at radius 3 is 1.65 bits per heavy atom. The third-order valence-electron chi connectivity index (χ3n) is 2.76. The molecule has 7 heteroatoms. The number of rotatable bonds is 6. The maximum Gasteiger partial charge on any atom is 0.200 e. The summed E-state index contributed by atoms with van der Waals surface area (Å²) < 4.78 is 65.6. The van der Waals surface area contributed by atoms with Gasteiger partial charge in [0.2, 0.25) is 5.82 Å². The molecular formula is C13H17F5N2. The lowest BCUT2D eigenvalue weighted by atomic mass is 10.1. The average Bonchev–Trinajstić information content (AvgIpc) is 2.40. The Bertz CT molecular complexity index is 447. The van der Waals surface area contributed by atoms with Crippen molar-refractivity contribution in [2.45, 2.75) is 39.4 Å². The Morgan fingerprint density at radius 2 is 1.20 bits per heavy atom. The van der Waals surface area contributed by atoms with E-state index >= 15 is 0 Å². The highest BCUT2D eigenvalue weighted by Gasteiger charge is 2.25. The van der Waals surface area contributed by atoms with Crippen LogP contribution >= 0.6 is 0 Å². The summed E-state index contributed by atoms with van der Waals surface area (Å²) in [6.45, 7) is 5.66. The van der Waals surface area contributed by atoms with Crippen molar-refractivity contribution in [1.82, 2.24) is 10.6 Å². The van der Waals surface area contributed by atoms with Gasteiger partial charge in [0.1, 0.15) is 0 Å². The molecule has 1 unspecified atom stereocenters. The van der Waals surface area contributed by atoms with Gasteiger partial charge < -0.3 is 10.6 Å². The predicted octanol–water partition coefficient (Wildman–Crippen LogP) is 2.86. The van der Waals surface area contributed by atoms with Gasteiger partial charge in [0, 0.05) is 30.7 Å². The molecule has 0 amide bonds. The molecule has 1 aromatic rings. The summed E-state index contributed by atoms with van der Waals surface area (Å²) in [4.78, 5) is 0. The topological polar surface area (TPSA) is 24.1 Å². The quantitative estimate of drug-likeness (QED) is 0.479. The third kappa shape index (κ3) is 3.89. The second kappa shape index (κ2) is 6.99. The van der Waals surface area contributed by atoms with Gasteiger partial charge >= 0.3 is 0 Å². The molecule has 1 rings (SSSR count). The summed E-state index contributed by atoms with van der Waals surface area (Å²) in [6, 6.07) is 0.0424. The maximum atomic E-state index is 13.4. The van der Waals surface area contributed by atoms with Crippen LogP contribution in [0.2, 0.25) is 0 Å². The highest BCUT2D eigenvalue weighted by atomic mass is 19.2. The molecule has 0 spiro atoms. The smallest absolute Gasteiger partial charge is 0.200 e. The standard InChI is InChI=1S/C13H17F5N2/c1-6(2)19-4-7(3)20-5-8-9(14)11(16)13(18)12(17)10(8)15/h6-7,19-20H,4-5H2,1-3H3. The van der Waals surface area contributed by atoms with Gasteiger partial charge in [-0.3, -0.25) is 0 Å². The van der Waals surface area contributed by atoms with Gasteiger partial charge in [-0.1, -0.05) is 13.8 Å². The SMILES string of the molecule is CC(C)NCC(C)NCc1c(F)c(F)c(F)c(F)c1F. The molecule has 1 atom stereocenters. The Hall–Kier alpha value is -1.21. The Labute approximate surface area is 114 Å². The molecule has 2 nitrogen and oxygen atoms in total. The van der Waals surface area contributed by atoms with E-state index in [4.69, 9.17) is 0 Å². The van der Waals surface area contributed by atoms with E-state index in [-0.39, 0.29) is 12.1 Å². The largest absolute Gasteiger partial charge is 0.313 e. The van der Waals surface area contributed by atoms with Crippen LogP contribution in [0, 0.1) is 29.1 Å². The fraction of sp³-hybridized carbons (Fsp3) is 0.538. The van der Waals surface area contributed by atoms with Crippen LogP contribution in [0.3, 0.4) is 0 Å². The molecule has 114 valence electrons. The number of halogens is 5. The van der Waals surface area contributed by atoms with Crippen LogP contribution in [-0.2, 0) is 6.54 Å². The number of hydrogen-bond donors (Lipinski definition) is 2. The summed E-state index contributed by atoms with van der Waals surface area (Å²) in [5, 5.41) is 5.80. The molecule has 0 aromatic heterocycles. The van der Waals surface area contributed by atoms with Crippen molar-refractivity contribution >= 4 is 0 Å². The third-order valence-corrected chi connectivity index (χ3v) is 2.76. The van der Waals surface area contributed by atoms with Crippen LogP contribution in [0.25, 0.3) is 0 Å². The maximum absolute atomic E-state index is 13.4. The first-order valence-corrected chi connectivity index (χ1v) is 6.22. The molecular weight excluding hydrogens is 279 g/mol. The van der Waals surface area contributed by atoms with E-state index in [9.17, 15) is 22.0 Å². The molecule has 0 aliphatic carbocycles. The lowest BCUT2D eigenvalue weighted by Crippen LogP contribution is -2.39. The van der Waals surface area contributed by atoms with Gasteiger partial charge in [-0.25, -0.2) is 22.0 Å². The van der Waals surface area contributed by atoms with E-state index < -0.39 is 41.2 Å². The Kier molecular flexibility index (Phi) is 5.88. The molecule has 0 bridgehead atoms. The van der Waals surface area contributed by atoms with Crippen molar-refractivity contribution in [3.63, 3.8) is 0 Å². The summed E-state index contributed by atoms with van der Waals surface area (Å²) in [5.74, 6) is -9.57. The van der Waals surface area contributed by atoms with Gasteiger partial charge in [-0.05, 0) is 6.92 Å². The lowest BCUT2D eigenvalue weighted by Gasteiger charge is -2.17. The van der Waals surface area contributed by atoms with Crippen molar-refractivity contribution < 1.29 is 22.0 Å². The average molecular weight is 296 g/mol. The summed E-state index contributed by atoms with van der Waals surface area (Å²) in [7, 11) is 0. The van der Waals surface area contributed by atoms with Crippen molar-refractivity contribution in [3.8, 4) is 0 Å². The summed E-state index contributed by atoms with van der Waals surface area (Å²) >= 11 is 0. The zero-order valence-electron chi connectivity index (χ0n) is 11.5. The molecule has 0 radical (unpaired) electrons. The van der Waals surface area contributed by atoms with Crippen LogP contribution in [-0.4, -0.2) is 18.6 Å². The zero-order chi connectivity index (χ0) is 15.4. The first kappa shape index (κ1) is 16.8. The summed E-state index contributed by atoms with van der Waals surface area (Å²) in [5.41, 5.74) is -0.849. The van der Waals surface area contributed by atoms with Crippen molar-refractivity contribution in [2.75, 3.05) is 6.54 Å². The normalized spacial score (nSPS) is 13.1. The summed E-state index contributed by atoms with van der Waals surface area (Å²) in [6.07, 6.45) is 0. The predicted molar refractivity (Wildman–Crippen MR) is 65.7 cm³/mol. The number of benzene rings is 1. The first-order chi connectivity index (χ1) is 9.25. The molecule has 0 saturated carbocycles. The molecule has 0 aliphatic rings. The first-order valence-electron chi connectivity index (χ1n) is 6.22. The number of hydrogen-bond acceptors (Lipinski definition) is 2. The molecule has 0 saturated heterocycles. The van der Waals surface area contributed by atoms with Crippen molar-refractivity contribution in [1.29, 1.82) is 0 Å². The van der Waals surface area contributed by atoms with Gasteiger partial charge in [0.15, 0.2) is 23.3 Å². The fourth-order valence-corrected chi connectivity index (χ4v) is 1.57. The van der Waals surface area contributed by atoms with Crippen LogP contribution in [0.1, 0.15) is 26.3 Å². The molecule has 0 aliphatic heterocycles. The van der Waals surface area contributed by atoms with Crippen LogP contribution < -0.4 is 10.6 Å². The van der Waals surface area contributed by atoms with Gasteiger partial charge in [0.25, 0.3) is 0 Å². The van der Waals surface area contributed by atoms with Crippen LogP contribution in [0.15, 0.2) is 0 Å². The van der Waals surface area contributed by atoms with Gasteiger partial charge in [-0.2, -0.15) is 0 Å². The fourth-order valence-electron chi connectivity index (χ4n) is 1.57. The van der Waals surface area contributed by atoms with E-state index in [1.54, 1.807) is 6.92 Å². The minimum Gasteiger partial charge on any atom is -0.313 e. The molecule has 1 aromatic carbocycles. The number of nitrogens with one attached hydrogen (secondary N) is 2. The molecule has 20 heavy (non-hydrogen) atoms. The Balaban J connectivity index is 2.78. The Morgan fingerprint density at radius 1 is 0.750 bits per heavy atom. The zero-order valence-corrected chi connectivity index (χ0v) is 11.5. The van der Waals surface area contributed by atoms with Crippen molar-refractivity contribution in [2.24, 2.45) is 0 Å². The van der Waals surface area contributed by atoms with Gasteiger partial charge in [0.05, 0.1) is 0 Å². The molecule has 2 N–H and O–H groups in total. The minimum atomic E-state index is -2.14. The lowest BCUT2D eigenvalue weighted by molar-refractivity contribution is 0.364. The highest BCUT2D eigenvalue weighted by Crippen LogP contribution is 2.22. The van der Waals surface area contributed by atoms with Crippen molar-refractivity contribution in [3.05, 3.63) is 34.6 Å². The minimum absolute atomic E-state index is 0.188. The van der Waals surface area contributed by atoms with E-state index in [1.165, 1.54) is 0 Å². The van der Waals surface area contributed by atoms with Gasteiger partial charge in [-0.15, -0.1) is 0 Å². The molecule has 0 heterocycles. The van der Waals surface area contributed by atoms with E-state index in [0.717, 1.165) is 0 Å². The van der Waals surface area contributed by atoms with E-state index in [2.05, 4.69) is 10.6 Å². The van der Waals surface area contributed by atoms with Crippen LogP contribution in [0.5, 0.6) is 0 Å². The van der Waals surface area contributed by atoms with E-state index in [0.29, 0.717) is 6.54 Å². The molecule has 0 fully saturated rings. The second-order valence-corrected chi connectivity index (χ2v) is 4.89. The van der Waals surface area contributed by atoms with Crippen LogP contribution in [0.4, 0.5) is 22.0 Å². The second-order valence-electron chi connectivity index (χ2n) is 4.89. The monoisotopic (exact) mass is 296 g/mol.